The number of likely N-dealkylation sites (tertiary alicyclic amines) is 1. The molecule has 0 saturated carbocycles. The van der Waals surface area contributed by atoms with E-state index in [4.69, 9.17) is 14.2 Å². The normalized spacial score (nSPS) is 16.8. The van der Waals surface area contributed by atoms with Gasteiger partial charge in [0.1, 0.15) is 18.1 Å². The van der Waals surface area contributed by atoms with Gasteiger partial charge >= 0.3 is 0 Å². The van der Waals surface area contributed by atoms with Crippen LogP contribution in [0.1, 0.15) is 36.1 Å². The van der Waals surface area contributed by atoms with Gasteiger partial charge in [-0.3, -0.25) is 9.59 Å². The van der Waals surface area contributed by atoms with Crippen LogP contribution in [0.3, 0.4) is 0 Å². The number of nitrogens with zero attached hydrogens (tertiary/aromatic N) is 2. The first kappa shape index (κ1) is 27.8. The van der Waals surface area contributed by atoms with Crippen molar-refractivity contribution >= 4 is 17.4 Å². The van der Waals surface area contributed by atoms with Crippen molar-refractivity contribution in [3.8, 4) is 17.2 Å². The van der Waals surface area contributed by atoms with Crippen LogP contribution in [-0.2, 0) is 9.59 Å². The van der Waals surface area contributed by atoms with Gasteiger partial charge in [0.05, 0.1) is 25.3 Å². The molecular weight excluding hydrogens is 472 g/mol. The minimum absolute atomic E-state index is 0.0379. The molecule has 1 fully saturated rings. The molecule has 1 heterocycles. The molecule has 198 valence electrons. The highest BCUT2D eigenvalue weighted by atomic mass is 16.5. The molecule has 3 rings (SSSR count). The van der Waals surface area contributed by atoms with Gasteiger partial charge < -0.3 is 29.1 Å². The Hall–Kier alpha value is -3.78. The molecular formula is C29H36N2O6. The second kappa shape index (κ2) is 12.5. The van der Waals surface area contributed by atoms with Crippen LogP contribution < -0.4 is 14.2 Å². The van der Waals surface area contributed by atoms with E-state index in [1.54, 1.807) is 36.4 Å². The minimum Gasteiger partial charge on any atom is -0.507 e. The summed E-state index contributed by atoms with van der Waals surface area (Å²) in [5, 5.41) is 11.4. The summed E-state index contributed by atoms with van der Waals surface area (Å²) in [4.78, 5) is 30.0. The lowest BCUT2D eigenvalue weighted by molar-refractivity contribution is -0.140. The Morgan fingerprint density at radius 1 is 1.14 bits per heavy atom. The number of hydrogen-bond donors (Lipinski definition) is 1. The summed E-state index contributed by atoms with van der Waals surface area (Å²) in [5.74, 6) is 0.0406. The number of benzene rings is 2. The molecule has 0 radical (unpaired) electrons. The molecule has 1 aliphatic rings. The van der Waals surface area contributed by atoms with Crippen LogP contribution in [-0.4, -0.2) is 74.1 Å². The Labute approximate surface area is 218 Å². The highest BCUT2D eigenvalue weighted by molar-refractivity contribution is 6.46. The summed E-state index contributed by atoms with van der Waals surface area (Å²) in [5.41, 5.74) is 1.87. The SMILES string of the molecule is C=CCOc1ccc(C2C(=C(O)c3ccc(OCCC)cc3C)C(=O)C(=O)N2CCN(C)C)cc1OC. The summed E-state index contributed by atoms with van der Waals surface area (Å²) >= 11 is 0. The van der Waals surface area contributed by atoms with Crippen molar-refractivity contribution in [1.82, 2.24) is 9.80 Å². The van der Waals surface area contributed by atoms with E-state index in [0.717, 1.165) is 12.0 Å². The third-order valence-electron chi connectivity index (χ3n) is 6.11. The van der Waals surface area contributed by atoms with Crippen LogP contribution in [0.2, 0.25) is 0 Å². The number of hydrogen-bond acceptors (Lipinski definition) is 7. The van der Waals surface area contributed by atoms with E-state index in [9.17, 15) is 14.7 Å². The molecule has 0 bridgehead atoms. The first-order valence-electron chi connectivity index (χ1n) is 12.3. The van der Waals surface area contributed by atoms with Crippen molar-refractivity contribution in [2.24, 2.45) is 0 Å². The minimum atomic E-state index is -0.794. The maximum absolute atomic E-state index is 13.3. The predicted octanol–water partition coefficient (Wildman–Crippen LogP) is 4.34. The first-order chi connectivity index (χ1) is 17.7. The molecule has 8 nitrogen and oxygen atoms in total. The number of rotatable bonds is 12. The number of aryl methyl sites for hydroxylation is 1. The maximum Gasteiger partial charge on any atom is 0.295 e. The third kappa shape index (κ3) is 6.14. The van der Waals surface area contributed by atoms with Gasteiger partial charge in [0.2, 0.25) is 0 Å². The van der Waals surface area contributed by atoms with Crippen molar-refractivity contribution in [2.75, 3.05) is 47.5 Å². The van der Waals surface area contributed by atoms with Crippen molar-refractivity contribution in [2.45, 2.75) is 26.3 Å². The van der Waals surface area contributed by atoms with E-state index in [1.165, 1.54) is 12.0 Å². The fourth-order valence-electron chi connectivity index (χ4n) is 4.24. The number of carbonyl (C=O) groups excluding carboxylic acids is 2. The molecule has 37 heavy (non-hydrogen) atoms. The lowest BCUT2D eigenvalue weighted by atomic mass is 9.93. The van der Waals surface area contributed by atoms with Gasteiger partial charge in [-0.1, -0.05) is 25.6 Å². The van der Waals surface area contributed by atoms with E-state index < -0.39 is 17.7 Å². The van der Waals surface area contributed by atoms with Gasteiger partial charge in [-0.2, -0.15) is 0 Å². The van der Waals surface area contributed by atoms with Gasteiger partial charge in [-0.05, 0) is 68.9 Å². The lowest BCUT2D eigenvalue weighted by Crippen LogP contribution is -2.35. The largest absolute Gasteiger partial charge is 0.507 e. The van der Waals surface area contributed by atoms with Crippen LogP contribution in [0.15, 0.2) is 54.6 Å². The fraction of sp³-hybridized carbons (Fsp3) is 0.379. The van der Waals surface area contributed by atoms with Crippen LogP contribution in [0.5, 0.6) is 17.2 Å². The Kier molecular flexibility index (Phi) is 9.36. The highest BCUT2D eigenvalue weighted by Gasteiger charge is 2.46. The number of ketones is 1. The van der Waals surface area contributed by atoms with Crippen molar-refractivity contribution in [1.29, 1.82) is 0 Å². The number of aliphatic hydroxyl groups excluding tert-OH is 1. The number of methoxy groups -OCH3 is 1. The monoisotopic (exact) mass is 508 g/mol. The molecule has 1 aliphatic heterocycles. The number of carbonyl (C=O) groups is 2. The molecule has 1 unspecified atom stereocenters. The molecule has 8 heteroatoms. The molecule has 1 N–H and O–H groups in total. The molecule has 2 aromatic rings. The van der Waals surface area contributed by atoms with Crippen LogP contribution in [0.4, 0.5) is 0 Å². The number of aliphatic hydroxyl groups is 1. The topological polar surface area (TPSA) is 88.5 Å². The average Bonchev–Trinajstić information content (AvgIpc) is 3.14. The van der Waals surface area contributed by atoms with Gasteiger partial charge in [0.15, 0.2) is 11.5 Å². The molecule has 0 spiro atoms. The fourth-order valence-corrected chi connectivity index (χ4v) is 4.24. The van der Waals surface area contributed by atoms with E-state index in [0.29, 0.717) is 54.7 Å². The molecule has 1 saturated heterocycles. The summed E-state index contributed by atoms with van der Waals surface area (Å²) in [6.07, 6.45) is 2.50. The van der Waals surface area contributed by atoms with Crippen LogP contribution >= 0.6 is 0 Å². The molecule has 0 aliphatic carbocycles. The highest BCUT2D eigenvalue weighted by Crippen LogP contribution is 2.42. The Bertz CT molecular complexity index is 1190. The van der Waals surface area contributed by atoms with Crippen LogP contribution in [0.25, 0.3) is 5.76 Å². The van der Waals surface area contributed by atoms with E-state index >= 15 is 0 Å². The molecule has 2 aromatic carbocycles. The maximum atomic E-state index is 13.3. The summed E-state index contributed by atoms with van der Waals surface area (Å²) in [6.45, 7) is 9.25. The molecule has 0 aromatic heterocycles. The van der Waals surface area contributed by atoms with Gasteiger partial charge in [-0.15, -0.1) is 0 Å². The molecule has 1 amide bonds. The standard InChI is InChI=1S/C29H36N2O6/c1-7-15-36-21-10-11-22(19(3)17-21)27(32)25-26(31(14-13-30(4)5)29(34)28(25)33)20-9-12-23(37-16-8-2)24(18-20)35-6/h8-12,17-18,26,32H,2,7,13-16H2,1,3-6H3. The van der Waals surface area contributed by atoms with Crippen LogP contribution in [0, 0.1) is 6.92 Å². The smallest absolute Gasteiger partial charge is 0.295 e. The van der Waals surface area contributed by atoms with Gasteiger partial charge in [-0.25, -0.2) is 0 Å². The van der Waals surface area contributed by atoms with E-state index in [-0.39, 0.29) is 11.3 Å². The summed E-state index contributed by atoms with van der Waals surface area (Å²) in [6, 6.07) is 9.74. The van der Waals surface area contributed by atoms with Crippen molar-refractivity contribution in [3.05, 3.63) is 71.3 Å². The number of likely N-dealkylation sites (N-methyl/N-ethyl adjacent to an activating group) is 1. The first-order valence-corrected chi connectivity index (χ1v) is 12.3. The zero-order chi connectivity index (χ0) is 27.1. The number of amides is 1. The third-order valence-corrected chi connectivity index (χ3v) is 6.11. The summed E-state index contributed by atoms with van der Waals surface area (Å²) in [7, 11) is 5.31. The van der Waals surface area contributed by atoms with Gasteiger partial charge in [0, 0.05) is 18.7 Å². The number of Topliss-reactive ketones (excluding diaryl/α,β-unsaturated/α-hetero) is 1. The Morgan fingerprint density at radius 2 is 1.89 bits per heavy atom. The van der Waals surface area contributed by atoms with E-state index in [2.05, 4.69) is 6.58 Å². The van der Waals surface area contributed by atoms with Crippen molar-refractivity contribution < 1.29 is 28.9 Å². The van der Waals surface area contributed by atoms with Crippen molar-refractivity contribution in [3.63, 3.8) is 0 Å². The lowest BCUT2D eigenvalue weighted by Gasteiger charge is -2.27. The quantitative estimate of drug-likeness (QED) is 0.197. The second-order valence-corrected chi connectivity index (χ2v) is 9.13. The van der Waals surface area contributed by atoms with Gasteiger partial charge in [0.25, 0.3) is 11.7 Å². The Balaban J connectivity index is 2.14. The zero-order valence-corrected chi connectivity index (χ0v) is 22.2. The second-order valence-electron chi connectivity index (χ2n) is 9.13. The number of ether oxygens (including phenoxy) is 3. The average molecular weight is 509 g/mol. The molecule has 1 atom stereocenters. The Morgan fingerprint density at radius 3 is 2.51 bits per heavy atom. The predicted molar refractivity (Wildman–Crippen MR) is 143 cm³/mol. The zero-order valence-electron chi connectivity index (χ0n) is 22.2. The summed E-state index contributed by atoms with van der Waals surface area (Å²) < 4.78 is 16.9. The van der Waals surface area contributed by atoms with E-state index in [1.807, 2.05) is 38.9 Å².